The number of rotatable bonds is 6. The Morgan fingerprint density at radius 1 is 1.17 bits per heavy atom. The molecule has 3 heteroatoms. The third-order valence-corrected chi connectivity index (χ3v) is 4.46. The third-order valence-electron chi connectivity index (χ3n) is 4.46. The van der Waals surface area contributed by atoms with E-state index in [0.29, 0.717) is 6.42 Å². The maximum atomic E-state index is 11.4. The topological polar surface area (TPSA) is 57.5 Å². The Morgan fingerprint density at radius 2 is 1.89 bits per heavy atom. The molecule has 1 fully saturated rings. The maximum absolute atomic E-state index is 11.4. The lowest BCUT2D eigenvalue weighted by atomic mass is 9.79. The molecule has 0 saturated heterocycles. The van der Waals surface area contributed by atoms with Crippen LogP contribution in [0, 0.1) is 11.8 Å². The second-order valence-corrected chi connectivity index (χ2v) is 5.84. The number of aliphatic hydroxyl groups is 1. The predicted molar refractivity (Wildman–Crippen MR) is 72.5 cm³/mol. The van der Waals surface area contributed by atoms with Gasteiger partial charge >= 0.3 is 5.97 Å². The van der Waals surface area contributed by atoms with Gasteiger partial charge in [-0.3, -0.25) is 0 Å². The van der Waals surface area contributed by atoms with Crippen LogP contribution in [0.25, 0.3) is 0 Å². The van der Waals surface area contributed by atoms with Gasteiger partial charge in [0.15, 0.2) is 5.60 Å². The number of aliphatic carboxylic acids is 1. The number of carbonyl (C=O) groups is 1. The van der Waals surface area contributed by atoms with Gasteiger partial charge in [0.25, 0.3) is 0 Å². The van der Waals surface area contributed by atoms with E-state index in [9.17, 15) is 15.0 Å². The Bertz CT molecular complexity index is 264. The molecule has 2 N–H and O–H groups in total. The zero-order chi connectivity index (χ0) is 13.6. The molecule has 106 valence electrons. The van der Waals surface area contributed by atoms with Crippen LogP contribution < -0.4 is 0 Å². The van der Waals surface area contributed by atoms with E-state index in [1.165, 1.54) is 19.3 Å². The smallest absolute Gasteiger partial charge is 0.335 e. The van der Waals surface area contributed by atoms with Gasteiger partial charge in [-0.1, -0.05) is 52.4 Å². The lowest BCUT2D eigenvalue weighted by Crippen LogP contribution is -2.45. The normalized spacial score (nSPS) is 28.4. The van der Waals surface area contributed by atoms with Crippen LogP contribution in [0.5, 0.6) is 0 Å². The van der Waals surface area contributed by atoms with Crippen molar-refractivity contribution in [2.75, 3.05) is 0 Å². The lowest BCUT2D eigenvalue weighted by molar-refractivity contribution is -0.167. The standard InChI is InChI=1S/C15H28O3/c1-3-6-12-7-5-8-13(10-9-12)15(18,11-4-2)14(16)17/h12-13,18H,3-11H2,1-2H3,(H,16,17). The van der Waals surface area contributed by atoms with Crippen LogP contribution in [0.3, 0.4) is 0 Å². The number of hydrogen-bond acceptors (Lipinski definition) is 2. The fourth-order valence-corrected chi connectivity index (χ4v) is 3.42. The monoisotopic (exact) mass is 256 g/mol. The summed E-state index contributed by atoms with van der Waals surface area (Å²) in [5.41, 5.74) is -1.49. The molecule has 3 nitrogen and oxygen atoms in total. The molecule has 3 unspecified atom stereocenters. The molecule has 0 bridgehead atoms. The van der Waals surface area contributed by atoms with Crippen LogP contribution in [0.1, 0.15) is 71.6 Å². The van der Waals surface area contributed by atoms with Gasteiger partial charge < -0.3 is 10.2 Å². The Morgan fingerprint density at radius 3 is 2.44 bits per heavy atom. The van der Waals surface area contributed by atoms with Crippen molar-refractivity contribution in [3.63, 3.8) is 0 Å². The summed E-state index contributed by atoms with van der Waals surface area (Å²) in [5, 5.41) is 19.8. The predicted octanol–water partition coefficient (Wildman–Crippen LogP) is 3.60. The fourth-order valence-electron chi connectivity index (χ4n) is 3.42. The summed E-state index contributed by atoms with van der Waals surface area (Å²) >= 11 is 0. The van der Waals surface area contributed by atoms with E-state index in [0.717, 1.165) is 38.0 Å². The molecule has 0 heterocycles. The molecule has 0 aromatic carbocycles. The molecule has 1 saturated carbocycles. The van der Waals surface area contributed by atoms with E-state index in [2.05, 4.69) is 6.92 Å². The molecule has 0 aliphatic heterocycles. The van der Waals surface area contributed by atoms with E-state index < -0.39 is 11.6 Å². The highest BCUT2D eigenvalue weighted by molar-refractivity contribution is 5.77. The van der Waals surface area contributed by atoms with Gasteiger partial charge in [-0.25, -0.2) is 4.79 Å². The lowest BCUT2D eigenvalue weighted by Gasteiger charge is -2.31. The van der Waals surface area contributed by atoms with Gasteiger partial charge in [0, 0.05) is 0 Å². The molecule has 0 aromatic rings. The summed E-state index contributed by atoms with van der Waals surface area (Å²) in [5.74, 6) is -0.347. The van der Waals surface area contributed by atoms with Gasteiger partial charge in [-0.2, -0.15) is 0 Å². The van der Waals surface area contributed by atoms with Gasteiger partial charge in [-0.05, 0) is 31.1 Å². The Hall–Kier alpha value is -0.570. The van der Waals surface area contributed by atoms with E-state index >= 15 is 0 Å². The first-order valence-corrected chi connectivity index (χ1v) is 7.50. The van der Waals surface area contributed by atoms with Gasteiger partial charge in [-0.15, -0.1) is 0 Å². The first-order chi connectivity index (χ1) is 8.54. The van der Waals surface area contributed by atoms with Crippen molar-refractivity contribution >= 4 is 5.97 Å². The van der Waals surface area contributed by atoms with E-state index in [4.69, 9.17) is 0 Å². The molecule has 3 atom stereocenters. The highest BCUT2D eigenvalue weighted by atomic mass is 16.4. The van der Waals surface area contributed by atoms with Crippen LogP contribution in [0.15, 0.2) is 0 Å². The van der Waals surface area contributed by atoms with Crippen molar-refractivity contribution in [2.45, 2.75) is 77.2 Å². The highest BCUT2D eigenvalue weighted by Crippen LogP contribution is 2.37. The van der Waals surface area contributed by atoms with E-state index in [-0.39, 0.29) is 5.92 Å². The zero-order valence-corrected chi connectivity index (χ0v) is 11.8. The van der Waals surface area contributed by atoms with Crippen molar-refractivity contribution in [3.05, 3.63) is 0 Å². The molecule has 18 heavy (non-hydrogen) atoms. The summed E-state index contributed by atoms with van der Waals surface area (Å²) in [6.07, 6.45) is 8.62. The van der Waals surface area contributed by atoms with Crippen molar-refractivity contribution < 1.29 is 15.0 Å². The molecule has 0 radical (unpaired) electrons. The largest absolute Gasteiger partial charge is 0.479 e. The Kier molecular flexibility index (Phi) is 6.13. The minimum Gasteiger partial charge on any atom is -0.479 e. The molecule has 0 aromatic heterocycles. The number of carboxylic acids is 1. The summed E-state index contributed by atoms with van der Waals surface area (Å²) in [6, 6.07) is 0. The fraction of sp³-hybridized carbons (Fsp3) is 0.933. The molecule has 1 aliphatic carbocycles. The molecular weight excluding hydrogens is 228 g/mol. The van der Waals surface area contributed by atoms with Crippen LogP contribution in [-0.2, 0) is 4.79 Å². The third kappa shape index (κ3) is 3.71. The van der Waals surface area contributed by atoms with Crippen LogP contribution >= 0.6 is 0 Å². The van der Waals surface area contributed by atoms with Gasteiger partial charge in [0.1, 0.15) is 0 Å². The minimum atomic E-state index is -1.49. The van der Waals surface area contributed by atoms with Gasteiger partial charge in [0.05, 0.1) is 0 Å². The highest BCUT2D eigenvalue weighted by Gasteiger charge is 2.43. The average Bonchev–Trinajstić information content (AvgIpc) is 2.55. The summed E-state index contributed by atoms with van der Waals surface area (Å²) < 4.78 is 0. The minimum absolute atomic E-state index is 0.0585. The summed E-state index contributed by atoms with van der Waals surface area (Å²) in [6.45, 7) is 4.14. The van der Waals surface area contributed by atoms with Crippen molar-refractivity contribution in [2.24, 2.45) is 11.8 Å². The quantitative estimate of drug-likeness (QED) is 0.714. The Balaban J connectivity index is 2.67. The van der Waals surface area contributed by atoms with Crippen molar-refractivity contribution in [3.8, 4) is 0 Å². The zero-order valence-electron chi connectivity index (χ0n) is 11.8. The molecule has 1 rings (SSSR count). The summed E-state index contributed by atoms with van der Waals surface area (Å²) in [4.78, 5) is 11.4. The first-order valence-electron chi connectivity index (χ1n) is 7.50. The molecule has 0 amide bonds. The van der Waals surface area contributed by atoms with Crippen LogP contribution in [-0.4, -0.2) is 21.8 Å². The number of hydrogen-bond donors (Lipinski definition) is 2. The Labute approximate surface area is 111 Å². The van der Waals surface area contributed by atoms with Crippen molar-refractivity contribution in [1.82, 2.24) is 0 Å². The second-order valence-electron chi connectivity index (χ2n) is 5.84. The van der Waals surface area contributed by atoms with Crippen LogP contribution in [0.2, 0.25) is 0 Å². The van der Waals surface area contributed by atoms with E-state index in [1.807, 2.05) is 6.92 Å². The molecular formula is C15H28O3. The number of carboxylic acid groups (broad SMARTS) is 1. The average molecular weight is 256 g/mol. The SMILES string of the molecule is CCCC1CCCC(C(O)(CCC)C(=O)O)CC1. The summed E-state index contributed by atoms with van der Waals surface area (Å²) in [7, 11) is 0. The van der Waals surface area contributed by atoms with Crippen molar-refractivity contribution in [1.29, 1.82) is 0 Å². The molecule has 1 aliphatic rings. The first kappa shape index (κ1) is 15.5. The maximum Gasteiger partial charge on any atom is 0.335 e. The van der Waals surface area contributed by atoms with E-state index in [1.54, 1.807) is 0 Å². The molecule has 0 spiro atoms. The van der Waals surface area contributed by atoms with Crippen LogP contribution in [0.4, 0.5) is 0 Å². The second kappa shape index (κ2) is 7.13. The van der Waals surface area contributed by atoms with Gasteiger partial charge in [0.2, 0.25) is 0 Å².